The third kappa shape index (κ3) is 9.09. The van der Waals surface area contributed by atoms with E-state index in [0.717, 1.165) is 4.90 Å². The molecule has 0 aliphatic carbocycles. The predicted octanol–water partition coefficient (Wildman–Crippen LogP) is 5.28. The van der Waals surface area contributed by atoms with Crippen LogP contribution in [0.2, 0.25) is 10.0 Å². The molecular formula is C27H27Cl2F2N3O5S2. The summed E-state index contributed by atoms with van der Waals surface area (Å²) >= 11 is 14.2. The van der Waals surface area contributed by atoms with Crippen LogP contribution in [0.25, 0.3) is 6.08 Å². The molecule has 1 atom stereocenters. The zero-order chi connectivity index (χ0) is 30.1. The number of rotatable bonds is 11. The number of amides is 3. The number of likely N-dealkylation sites (tertiary alicyclic amines) is 1. The van der Waals surface area contributed by atoms with Crippen molar-refractivity contribution in [3.63, 3.8) is 0 Å². The van der Waals surface area contributed by atoms with Crippen LogP contribution in [0.5, 0.6) is 0 Å². The van der Waals surface area contributed by atoms with Crippen molar-refractivity contribution in [3.8, 4) is 0 Å². The van der Waals surface area contributed by atoms with Gasteiger partial charge in [0.05, 0.1) is 15.6 Å². The van der Waals surface area contributed by atoms with Crippen molar-refractivity contribution in [2.45, 2.75) is 34.4 Å². The molecule has 41 heavy (non-hydrogen) atoms. The van der Waals surface area contributed by atoms with E-state index in [-0.39, 0.29) is 41.2 Å². The Balaban J connectivity index is 1.52. The Hall–Kier alpha value is -2.80. The Bertz CT molecular complexity index is 1320. The van der Waals surface area contributed by atoms with Gasteiger partial charge in [0.25, 0.3) is 11.7 Å². The molecule has 1 saturated heterocycles. The van der Waals surface area contributed by atoms with Crippen LogP contribution in [-0.4, -0.2) is 71.4 Å². The van der Waals surface area contributed by atoms with E-state index in [1.165, 1.54) is 42.1 Å². The second-order valence-corrected chi connectivity index (χ2v) is 11.5. The number of benzene rings is 2. The van der Waals surface area contributed by atoms with Crippen LogP contribution in [-0.2, 0) is 14.4 Å². The number of hydrogen-bond acceptors (Lipinski definition) is 6. The molecule has 3 N–H and O–H groups in total. The average Bonchev–Trinajstić information content (AvgIpc) is 2.95. The van der Waals surface area contributed by atoms with E-state index in [0.29, 0.717) is 28.5 Å². The second-order valence-electron chi connectivity index (χ2n) is 8.90. The van der Waals surface area contributed by atoms with Gasteiger partial charge in [0, 0.05) is 41.4 Å². The van der Waals surface area contributed by atoms with E-state index in [2.05, 4.69) is 10.6 Å². The van der Waals surface area contributed by atoms with Crippen molar-refractivity contribution in [3.05, 3.63) is 63.6 Å². The maximum absolute atomic E-state index is 12.8. The minimum atomic E-state index is -2.73. The quantitative estimate of drug-likeness (QED) is 0.225. The molecular weight excluding hydrogens is 619 g/mol. The normalized spacial score (nSPS) is 14.7. The fourth-order valence-corrected chi connectivity index (χ4v) is 5.90. The van der Waals surface area contributed by atoms with E-state index in [1.54, 1.807) is 17.0 Å². The van der Waals surface area contributed by atoms with E-state index >= 15 is 0 Å². The first-order valence-electron chi connectivity index (χ1n) is 12.4. The number of carboxylic acid groups (broad SMARTS) is 1. The number of carboxylic acids is 1. The molecule has 0 bridgehead atoms. The Morgan fingerprint density at radius 3 is 2.39 bits per heavy atom. The molecule has 2 aromatic rings. The third-order valence-corrected chi connectivity index (χ3v) is 8.89. The van der Waals surface area contributed by atoms with Gasteiger partial charge in [0.15, 0.2) is 0 Å². The van der Waals surface area contributed by atoms with E-state index in [4.69, 9.17) is 23.2 Å². The zero-order valence-corrected chi connectivity index (χ0v) is 24.9. The lowest BCUT2D eigenvalue weighted by Crippen LogP contribution is -2.51. The van der Waals surface area contributed by atoms with E-state index in [9.17, 15) is 33.1 Å². The first-order valence-corrected chi connectivity index (χ1v) is 15.2. The first-order chi connectivity index (χ1) is 19.5. The number of carbonyl (C=O) groups is 4. The van der Waals surface area contributed by atoms with Gasteiger partial charge in [-0.05, 0) is 48.9 Å². The summed E-state index contributed by atoms with van der Waals surface area (Å²) in [5, 5.41) is 15.1. The van der Waals surface area contributed by atoms with Crippen molar-refractivity contribution in [2.24, 2.45) is 5.92 Å². The monoisotopic (exact) mass is 645 g/mol. The fourth-order valence-electron chi connectivity index (χ4n) is 4.09. The Labute approximate surface area is 254 Å². The number of alkyl halides is 2. The second kappa shape index (κ2) is 15.4. The van der Waals surface area contributed by atoms with Gasteiger partial charge in [-0.15, -0.1) is 11.8 Å². The average molecular weight is 647 g/mol. The Morgan fingerprint density at radius 1 is 1.07 bits per heavy atom. The van der Waals surface area contributed by atoms with Crippen molar-refractivity contribution < 1.29 is 33.1 Å². The van der Waals surface area contributed by atoms with Gasteiger partial charge in [0.1, 0.15) is 6.04 Å². The summed E-state index contributed by atoms with van der Waals surface area (Å²) in [5.41, 5.74) is 0.571. The summed E-state index contributed by atoms with van der Waals surface area (Å²) in [5.74, 6) is -6.15. The molecule has 1 heterocycles. The van der Waals surface area contributed by atoms with Gasteiger partial charge in [-0.25, -0.2) is 4.79 Å². The van der Waals surface area contributed by atoms with Gasteiger partial charge < -0.3 is 20.6 Å². The van der Waals surface area contributed by atoms with Crippen LogP contribution in [0.3, 0.4) is 0 Å². The molecule has 1 aliphatic heterocycles. The summed E-state index contributed by atoms with van der Waals surface area (Å²) in [7, 11) is 0. The Morgan fingerprint density at radius 2 is 1.76 bits per heavy atom. The van der Waals surface area contributed by atoms with Gasteiger partial charge in [-0.1, -0.05) is 53.2 Å². The minimum Gasteiger partial charge on any atom is -0.480 e. The minimum absolute atomic E-state index is 0.0262. The van der Waals surface area contributed by atoms with Gasteiger partial charge in [-0.3, -0.25) is 14.4 Å². The summed E-state index contributed by atoms with van der Waals surface area (Å²) in [6.45, 7) is 0.128. The highest BCUT2D eigenvalue weighted by atomic mass is 35.5. The number of carbonyl (C=O) groups excluding carboxylic acids is 3. The van der Waals surface area contributed by atoms with Crippen LogP contribution in [0.15, 0.2) is 52.3 Å². The summed E-state index contributed by atoms with van der Waals surface area (Å²) < 4.78 is 25.6. The number of aliphatic carboxylic acids is 1. The summed E-state index contributed by atoms with van der Waals surface area (Å²) in [4.78, 5) is 52.2. The molecule has 8 nitrogen and oxygen atoms in total. The highest BCUT2D eigenvalue weighted by Gasteiger charge is 2.30. The topological polar surface area (TPSA) is 116 Å². The lowest BCUT2D eigenvalue weighted by Gasteiger charge is -2.31. The number of piperidine rings is 1. The highest BCUT2D eigenvalue weighted by molar-refractivity contribution is 7.99. The molecule has 0 spiro atoms. The van der Waals surface area contributed by atoms with Crippen molar-refractivity contribution in [1.29, 1.82) is 0 Å². The molecule has 14 heteroatoms. The number of halogens is 4. The van der Waals surface area contributed by atoms with Crippen LogP contribution >= 0.6 is 46.7 Å². The maximum atomic E-state index is 12.8. The van der Waals surface area contributed by atoms with E-state index < -0.39 is 42.0 Å². The van der Waals surface area contributed by atoms with Crippen LogP contribution in [0.4, 0.5) is 8.78 Å². The fraction of sp³-hybridized carbons (Fsp3) is 0.333. The number of nitrogens with zero attached hydrogens (tertiary/aromatic N) is 1. The zero-order valence-electron chi connectivity index (χ0n) is 21.7. The largest absolute Gasteiger partial charge is 0.480 e. The first kappa shape index (κ1) is 32.7. The third-order valence-electron chi connectivity index (χ3n) is 6.31. The summed E-state index contributed by atoms with van der Waals surface area (Å²) in [6.07, 6.45) is 5.48. The molecule has 1 fully saturated rings. The van der Waals surface area contributed by atoms with Crippen LogP contribution < -0.4 is 10.6 Å². The number of thioether (sulfide) groups is 2. The molecule has 1 aliphatic rings. The van der Waals surface area contributed by atoms with Crippen LogP contribution in [0, 0.1) is 5.92 Å². The SMILES string of the molecule is CSc1ccc(C=CC(=O)N2CCC(C(=O)N[C@@H](CNC(=O)c3ccccc3SC(F)F)C(=O)O)CC2)c(Cl)c1Cl. The smallest absolute Gasteiger partial charge is 0.328 e. The van der Waals surface area contributed by atoms with E-state index in [1.807, 2.05) is 12.3 Å². The molecule has 0 unspecified atom stereocenters. The van der Waals surface area contributed by atoms with Gasteiger partial charge in [0.2, 0.25) is 11.8 Å². The number of hydrogen-bond donors (Lipinski definition) is 3. The van der Waals surface area contributed by atoms with Crippen LogP contribution in [0.1, 0.15) is 28.8 Å². The molecule has 220 valence electrons. The predicted molar refractivity (Wildman–Crippen MR) is 157 cm³/mol. The van der Waals surface area contributed by atoms with Gasteiger partial charge >= 0.3 is 5.97 Å². The van der Waals surface area contributed by atoms with Crippen molar-refractivity contribution >= 4 is 76.5 Å². The highest BCUT2D eigenvalue weighted by Crippen LogP contribution is 2.35. The molecule has 2 aromatic carbocycles. The van der Waals surface area contributed by atoms with Crippen molar-refractivity contribution in [2.75, 3.05) is 25.9 Å². The van der Waals surface area contributed by atoms with Gasteiger partial charge in [-0.2, -0.15) is 8.78 Å². The lowest BCUT2D eigenvalue weighted by molar-refractivity contribution is -0.142. The maximum Gasteiger partial charge on any atom is 0.328 e. The van der Waals surface area contributed by atoms with Crippen molar-refractivity contribution in [1.82, 2.24) is 15.5 Å². The number of nitrogens with one attached hydrogen (secondary N) is 2. The Kier molecular flexibility index (Phi) is 12.3. The molecule has 0 aromatic heterocycles. The summed E-state index contributed by atoms with van der Waals surface area (Å²) in [6, 6.07) is 7.87. The molecule has 3 amide bonds. The lowest BCUT2D eigenvalue weighted by atomic mass is 9.95. The molecule has 3 rings (SSSR count). The molecule has 0 saturated carbocycles. The molecule has 0 radical (unpaired) electrons. The standard InChI is InChI=1S/C27H27Cl2F2N3O5S2/c1-40-20-8-6-15(22(28)23(20)29)7-9-21(35)34-12-10-16(11-13-34)24(36)33-18(26(38)39)14-32-25(37)17-4-2-3-5-19(17)41-27(30)31/h2-9,16,18,27H,10-14H2,1H3,(H,32,37)(H,33,36)(H,38,39)/t18-/m0/s1.